The van der Waals surface area contributed by atoms with Gasteiger partial charge in [0.2, 0.25) is 0 Å². The van der Waals surface area contributed by atoms with Crippen LogP contribution in [-0.2, 0) is 0 Å². The number of hydrogen-bond acceptors (Lipinski definition) is 2. The van der Waals surface area contributed by atoms with Crippen molar-refractivity contribution in [3.05, 3.63) is 206 Å². The fourth-order valence-electron chi connectivity index (χ4n) is 7.20. The van der Waals surface area contributed by atoms with Crippen LogP contribution in [0.4, 0.5) is 22.7 Å². The van der Waals surface area contributed by atoms with Crippen LogP contribution in [0, 0.1) is 6.57 Å². The molecule has 0 amide bonds. The van der Waals surface area contributed by atoms with E-state index < -0.39 is 0 Å². The number of rotatable bonds is 7. The monoisotopic (exact) mass is 664 g/mol. The fraction of sp³-hybridized carbons (Fsp3) is 0. The van der Waals surface area contributed by atoms with Crippen molar-refractivity contribution in [1.29, 1.82) is 0 Å². The summed E-state index contributed by atoms with van der Waals surface area (Å²) in [5.41, 5.74) is 12.7. The molecule has 52 heavy (non-hydrogen) atoms. The zero-order chi connectivity index (χ0) is 34.9. The van der Waals surface area contributed by atoms with Gasteiger partial charge in [-0.3, -0.25) is 0 Å². The van der Waals surface area contributed by atoms with Crippen LogP contribution in [0.5, 0.6) is 0 Å². The van der Waals surface area contributed by atoms with E-state index in [2.05, 4.69) is 166 Å². The SMILES string of the molecule is [C-]#[N+]c1ccccc1-c1cc(-c2cccc(-c3ccccc3)n2)cc(-n2c3ccccc3c3ccc(N(c4ccccc4)c4ccccc4)cc32)c1. The first-order valence-electron chi connectivity index (χ1n) is 17.3. The molecule has 0 N–H and O–H groups in total. The maximum atomic E-state index is 7.99. The van der Waals surface area contributed by atoms with E-state index in [4.69, 9.17) is 11.6 Å². The Bertz CT molecular complexity index is 2700. The Morgan fingerprint density at radius 2 is 1.04 bits per heavy atom. The lowest BCUT2D eigenvalue weighted by molar-refractivity contribution is 1.17. The summed E-state index contributed by atoms with van der Waals surface area (Å²) in [5, 5.41) is 2.34. The number of benzene rings is 7. The molecule has 4 nitrogen and oxygen atoms in total. The predicted octanol–water partition coefficient (Wildman–Crippen LogP) is 13.2. The van der Waals surface area contributed by atoms with Gasteiger partial charge in [0.05, 0.1) is 29.0 Å². The van der Waals surface area contributed by atoms with E-state index in [-0.39, 0.29) is 0 Å². The summed E-state index contributed by atoms with van der Waals surface area (Å²) in [6.07, 6.45) is 0. The second kappa shape index (κ2) is 13.2. The molecule has 0 aliphatic carbocycles. The van der Waals surface area contributed by atoms with Gasteiger partial charge in [-0.05, 0) is 83.9 Å². The summed E-state index contributed by atoms with van der Waals surface area (Å²) in [6, 6.07) is 67.2. The molecular formula is C48H32N4. The minimum Gasteiger partial charge on any atom is -0.310 e. The molecule has 0 bridgehead atoms. The van der Waals surface area contributed by atoms with E-state index in [1.807, 2.05) is 42.5 Å². The summed E-state index contributed by atoms with van der Waals surface area (Å²) in [7, 11) is 0. The Morgan fingerprint density at radius 1 is 0.442 bits per heavy atom. The van der Waals surface area contributed by atoms with Gasteiger partial charge in [0.25, 0.3) is 0 Å². The molecular weight excluding hydrogens is 633 g/mol. The van der Waals surface area contributed by atoms with Crippen molar-refractivity contribution in [2.75, 3.05) is 4.90 Å². The average Bonchev–Trinajstić information content (AvgIpc) is 3.55. The van der Waals surface area contributed by atoms with Crippen LogP contribution in [0.1, 0.15) is 0 Å². The molecule has 9 rings (SSSR count). The number of aromatic nitrogens is 2. The number of hydrogen-bond donors (Lipinski definition) is 0. The topological polar surface area (TPSA) is 25.4 Å². The van der Waals surface area contributed by atoms with Crippen LogP contribution >= 0.6 is 0 Å². The van der Waals surface area contributed by atoms with Gasteiger partial charge in [-0.15, -0.1) is 0 Å². The minimum atomic E-state index is 0.613. The summed E-state index contributed by atoms with van der Waals surface area (Å²) in [5.74, 6) is 0. The predicted molar refractivity (Wildman–Crippen MR) is 216 cm³/mol. The van der Waals surface area contributed by atoms with Gasteiger partial charge in [-0.25, -0.2) is 9.83 Å². The smallest absolute Gasteiger partial charge is 0.194 e. The third-order valence-corrected chi connectivity index (χ3v) is 9.57. The fourth-order valence-corrected chi connectivity index (χ4v) is 7.20. The summed E-state index contributed by atoms with van der Waals surface area (Å²) >= 11 is 0. The Hall–Kier alpha value is -7.22. The molecule has 0 aliphatic rings. The quantitative estimate of drug-likeness (QED) is 0.158. The van der Waals surface area contributed by atoms with Crippen molar-refractivity contribution >= 4 is 44.6 Å². The zero-order valence-electron chi connectivity index (χ0n) is 28.3. The molecule has 0 spiro atoms. The highest BCUT2D eigenvalue weighted by Gasteiger charge is 2.19. The highest BCUT2D eigenvalue weighted by atomic mass is 15.1. The molecule has 0 unspecified atom stereocenters. The van der Waals surface area contributed by atoms with Gasteiger partial charge in [0.1, 0.15) is 0 Å². The first-order chi connectivity index (χ1) is 25.7. The van der Waals surface area contributed by atoms with Crippen molar-refractivity contribution in [3.63, 3.8) is 0 Å². The minimum absolute atomic E-state index is 0.613. The molecule has 0 fully saturated rings. The molecule has 244 valence electrons. The van der Waals surface area contributed by atoms with Crippen molar-refractivity contribution in [1.82, 2.24) is 9.55 Å². The van der Waals surface area contributed by atoms with E-state index in [9.17, 15) is 0 Å². The molecule has 7 aromatic carbocycles. The largest absolute Gasteiger partial charge is 0.310 e. The molecule has 0 saturated heterocycles. The number of nitrogens with zero attached hydrogens (tertiary/aromatic N) is 4. The molecule has 4 heteroatoms. The first kappa shape index (κ1) is 30.8. The lowest BCUT2D eigenvalue weighted by Crippen LogP contribution is -2.09. The van der Waals surface area contributed by atoms with Crippen LogP contribution < -0.4 is 4.90 Å². The second-order valence-electron chi connectivity index (χ2n) is 12.7. The number of pyridine rings is 1. The van der Waals surface area contributed by atoms with Crippen molar-refractivity contribution < 1.29 is 0 Å². The third kappa shape index (κ3) is 5.57. The lowest BCUT2D eigenvalue weighted by Gasteiger charge is -2.25. The maximum Gasteiger partial charge on any atom is 0.194 e. The second-order valence-corrected chi connectivity index (χ2v) is 12.7. The lowest BCUT2D eigenvalue weighted by atomic mass is 9.98. The number of fused-ring (bicyclic) bond motifs is 3. The van der Waals surface area contributed by atoms with Crippen molar-refractivity contribution in [2.24, 2.45) is 0 Å². The number of para-hydroxylation sites is 4. The molecule has 0 atom stereocenters. The van der Waals surface area contributed by atoms with Crippen molar-refractivity contribution in [2.45, 2.75) is 0 Å². The van der Waals surface area contributed by atoms with Crippen LogP contribution in [0.2, 0.25) is 0 Å². The van der Waals surface area contributed by atoms with E-state index in [0.29, 0.717) is 5.69 Å². The standard InChI is InChI=1S/C48H32N4/c1-49-46-24-13-11-22-41(46)35-30-36(45-26-15-25-44(50-45)34-16-5-2-6-17-34)32-40(31-35)52-47-27-14-12-23-42(47)43-29-28-39(33-48(43)52)51(37-18-7-3-8-19-37)38-20-9-4-10-21-38/h2-33H. The summed E-state index contributed by atoms with van der Waals surface area (Å²) < 4.78 is 2.36. The van der Waals surface area contributed by atoms with Gasteiger partial charge in [-0.2, -0.15) is 0 Å². The van der Waals surface area contributed by atoms with Gasteiger partial charge in [0.15, 0.2) is 5.69 Å². The molecule has 0 saturated carbocycles. The van der Waals surface area contributed by atoms with Gasteiger partial charge in [-0.1, -0.05) is 121 Å². The van der Waals surface area contributed by atoms with E-state index in [0.717, 1.165) is 72.8 Å². The average molecular weight is 665 g/mol. The highest BCUT2D eigenvalue weighted by Crippen LogP contribution is 2.41. The molecule has 2 aromatic heterocycles. The van der Waals surface area contributed by atoms with Crippen molar-refractivity contribution in [3.8, 4) is 39.3 Å². The molecule has 2 heterocycles. The van der Waals surface area contributed by atoms with Gasteiger partial charge in [0, 0.05) is 44.6 Å². The highest BCUT2D eigenvalue weighted by molar-refractivity contribution is 6.10. The first-order valence-corrected chi connectivity index (χ1v) is 17.3. The summed E-state index contributed by atoms with van der Waals surface area (Å²) in [6.45, 7) is 7.99. The van der Waals surface area contributed by atoms with E-state index in [1.54, 1.807) is 0 Å². The van der Waals surface area contributed by atoms with Crippen LogP contribution in [0.25, 0.3) is 66.0 Å². The molecule has 0 radical (unpaired) electrons. The molecule has 9 aromatic rings. The summed E-state index contributed by atoms with van der Waals surface area (Å²) in [4.78, 5) is 11.4. The molecule has 0 aliphatic heterocycles. The van der Waals surface area contributed by atoms with E-state index in [1.165, 1.54) is 5.39 Å². The Morgan fingerprint density at radius 3 is 1.77 bits per heavy atom. The number of anilines is 3. The van der Waals surface area contributed by atoms with Crippen LogP contribution in [0.3, 0.4) is 0 Å². The third-order valence-electron chi connectivity index (χ3n) is 9.57. The van der Waals surface area contributed by atoms with E-state index >= 15 is 0 Å². The zero-order valence-corrected chi connectivity index (χ0v) is 28.3. The Labute approximate surface area is 303 Å². The van der Waals surface area contributed by atoms with Gasteiger partial charge >= 0.3 is 0 Å². The maximum absolute atomic E-state index is 7.99. The van der Waals surface area contributed by atoms with Crippen LogP contribution in [0.15, 0.2) is 194 Å². The van der Waals surface area contributed by atoms with Gasteiger partial charge < -0.3 is 9.47 Å². The van der Waals surface area contributed by atoms with Crippen LogP contribution in [-0.4, -0.2) is 9.55 Å². The normalized spacial score (nSPS) is 11.1. The Kier molecular flexibility index (Phi) is 7.85. The Balaban J connectivity index is 1.31.